The molecule has 0 bridgehead atoms. The highest BCUT2D eigenvalue weighted by Crippen LogP contribution is 2.23. The van der Waals surface area contributed by atoms with Crippen LogP contribution < -0.4 is 10.5 Å². The number of nitrogens with two attached hydrogens (primary N) is 1. The number of thiophene rings is 1. The standard InChI is InChI=1S/C12H10N2OS/c13-7-9-3-4-12(11(14)6-9)15-8-10-2-1-5-16-10/h1-6H,8,14H2. The molecule has 3 nitrogen and oxygen atoms in total. The smallest absolute Gasteiger partial charge is 0.142 e. The summed E-state index contributed by atoms with van der Waals surface area (Å²) in [7, 11) is 0. The number of hydrogen-bond acceptors (Lipinski definition) is 4. The molecule has 0 aliphatic rings. The maximum absolute atomic E-state index is 8.69. The Bertz CT molecular complexity index is 514. The van der Waals surface area contributed by atoms with Crippen molar-refractivity contribution in [2.24, 2.45) is 0 Å². The van der Waals surface area contributed by atoms with E-state index in [1.54, 1.807) is 29.5 Å². The van der Waals surface area contributed by atoms with E-state index in [4.69, 9.17) is 15.7 Å². The average molecular weight is 230 g/mol. The van der Waals surface area contributed by atoms with Gasteiger partial charge < -0.3 is 10.5 Å². The van der Waals surface area contributed by atoms with Crippen molar-refractivity contribution in [3.05, 3.63) is 46.2 Å². The number of nitrogens with zero attached hydrogens (tertiary/aromatic N) is 1. The highest BCUT2D eigenvalue weighted by Gasteiger charge is 2.02. The Labute approximate surface area is 97.7 Å². The molecule has 1 aromatic heterocycles. The fraction of sp³-hybridized carbons (Fsp3) is 0.0833. The summed E-state index contributed by atoms with van der Waals surface area (Å²) in [6.07, 6.45) is 0. The summed E-state index contributed by atoms with van der Waals surface area (Å²) in [5.41, 5.74) is 6.80. The molecule has 0 saturated carbocycles. The summed E-state index contributed by atoms with van der Waals surface area (Å²) in [4.78, 5) is 1.14. The van der Waals surface area contributed by atoms with E-state index in [2.05, 4.69) is 0 Å². The van der Waals surface area contributed by atoms with Crippen LogP contribution in [0, 0.1) is 11.3 Å². The summed E-state index contributed by atoms with van der Waals surface area (Å²) < 4.78 is 5.56. The molecule has 2 rings (SSSR count). The lowest BCUT2D eigenvalue weighted by molar-refractivity contribution is 0.311. The minimum absolute atomic E-state index is 0.496. The number of rotatable bonds is 3. The lowest BCUT2D eigenvalue weighted by Gasteiger charge is -2.07. The van der Waals surface area contributed by atoms with Gasteiger partial charge in [0.2, 0.25) is 0 Å². The predicted octanol–water partition coefficient (Wildman–Crippen LogP) is 2.78. The number of anilines is 1. The highest BCUT2D eigenvalue weighted by molar-refractivity contribution is 7.09. The zero-order chi connectivity index (χ0) is 11.4. The molecule has 2 N–H and O–H groups in total. The molecule has 0 radical (unpaired) electrons. The van der Waals surface area contributed by atoms with E-state index in [1.807, 2.05) is 23.6 Å². The second-order valence-electron chi connectivity index (χ2n) is 3.23. The van der Waals surface area contributed by atoms with Crippen LogP contribution in [0.1, 0.15) is 10.4 Å². The molecule has 0 spiro atoms. The number of nitrogen functional groups attached to an aromatic ring is 1. The van der Waals surface area contributed by atoms with E-state index in [-0.39, 0.29) is 0 Å². The molecular weight excluding hydrogens is 220 g/mol. The molecule has 1 aromatic carbocycles. The molecule has 0 fully saturated rings. The highest BCUT2D eigenvalue weighted by atomic mass is 32.1. The van der Waals surface area contributed by atoms with Crippen molar-refractivity contribution >= 4 is 17.0 Å². The quantitative estimate of drug-likeness (QED) is 0.825. The van der Waals surface area contributed by atoms with Gasteiger partial charge in [0.1, 0.15) is 12.4 Å². The first kappa shape index (κ1) is 10.5. The van der Waals surface area contributed by atoms with Crippen molar-refractivity contribution in [1.82, 2.24) is 0 Å². The van der Waals surface area contributed by atoms with E-state index in [0.717, 1.165) is 4.88 Å². The summed E-state index contributed by atoms with van der Waals surface area (Å²) in [6, 6.07) is 11.0. The molecular formula is C12H10N2OS. The predicted molar refractivity (Wildman–Crippen MR) is 64.2 cm³/mol. The van der Waals surface area contributed by atoms with Crippen molar-refractivity contribution in [2.75, 3.05) is 5.73 Å². The third-order valence-electron chi connectivity index (χ3n) is 2.09. The largest absolute Gasteiger partial charge is 0.486 e. The Kier molecular flexibility index (Phi) is 3.08. The topological polar surface area (TPSA) is 59.0 Å². The van der Waals surface area contributed by atoms with Crippen LogP contribution in [0.2, 0.25) is 0 Å². The van der Waals surface area contributed by atoms with Gasteiger partial charge in [-0.05, 0) is 29.6 Å². The van der Waals surface area contributed by atoms with Gasteiger partial charge in [0, 0.05) is 4.88 Å². The first-order chi connectivity index (χ1) is 7.79. The van der Waals surface area contributed by atoms with Crippen molar-refractivity contribution < 1.29 is 4.74 Å². The molecule has 0 saturated heterocycles. The number of benzene rings is 1. The first-order valence-electron chi connectivity index (χ1n) is 4.74. The molecule has 1 heterocycles. The molecule has 16 heavy (non-hydrogen) atoms. The van der Waals surface area contributed by atoms with Crippen molar-refractivity contribution in [1.29, 1.82) is 5.26 Å². The number of nitriles is 1. The lowest BCUT2D eigenvalue weighted by Crippen LogP contribution is -1.97. The monoisotopic (exact) mass is 230 g/mol. The van der Waals surface area contributed by atoms with Crippen LogP contribution in [0.4, 0.5) is 5.69 Å². The molecule has 0 unspecified atom stereocenters. The van der Waals surface area contributed by atoms with Crippen molar-refractivity contribution in [3.8, 4) is 11.8 Å². The van der Waals surface area contributed by atoms with Gasteiger partial charge in [0.25, 0.3) is 0 Å². The summed E-state index contributed by atoms with van der Waals surface area (Å²) >= 11 is 1.64. The fourth-order valence-electron chi connectivity index (χ4n) is 1.29. The molecule has 0 aliphatic heterocycles. The average Bonchev–Trinajstić information content (AvgIpc) is 2.80. The Morgan fingerprint density at radius 3 is 2.88 bits per heavy atom. The third kappa shape index (κ3) is 2.33. The van der Waals surface area contributed by atoms with Gasteiger partial charge in [-0.25, -0.2) is 0 Å². The van der Waals surface area contributed by atoms with E-state index in [9.17, 15) is 0 Å². The fourth-order valence-corrected chi connectivity index (χ4v) is 1.91. The Balaban J connectivity index is 2.08. The SMILES string of the molecule is N#Cc1ccc(OCc2cccs2)c(N)c1. The van der Waals surface area contributed by atoms with E-state index < -0.39 is 0 Å². The summed E-state index contributed by atoms with van der Waals surface area (Å²) in [6.45, 7) is 0.508. The minimum Gasteiger partial charge on any atom is -0.486 e. The third-order valence-corrected chi connectivity index (χ3v) is 2.94. The van der Waals surface area contributed by atoms with Crippen LogP contribution in [0.15, 0.2) is 35.7 Å². The van der Waals surface area contributed by atoms with Crippen LogP contribution in [-0.4, -0.2) is 0 Å². The molecule has 0 amide bonds. The zero-order valence-electron chi connectivity index (χ0n) is 8.51. The normalized spacial score (nSPS) is 9.69. The number of hydrogen-bond donors (Lipinski definition) is 1. The Morgan fingerprint density at radius 1 is 1.38 bits per heavy atom. The molecule has 4 heteroatoms. The van der Waals surface area contributed by atoms with Gasteiger partial charge in [0.05, 0.1) is 17.3 Å². The van der Waals surface area contributed by atoms with Crippen LogP contribution in [0.3, 0.4) is 0 Å². The second kappa shape index (κ2) is 4.69. The Morgan fingerprint density at radius 2 is 2.25 bits per heavy atom. The van der Waals surface area contributed by atoms with Crippen LogP contribution >= 0.6 is 11.3 Å². The van der Waals surface area contributed by atoms with E-state index >= 15 is 0 Å². The van der Waals surface area contributed by atoms with Crippen molar-refractivity contribution in [3.63, 3.8) is 0 Å². The van der Waals surface area contributed by atoms with E-state index in [0.29, 0.717) is 23.6 Å². The molecule has 80 valence electrons. The molecule has 2 aromatic rings. The van der Waals surface area contributed by atoms with Gasteiger partial charge in [-0.1, -0.05) is 6.07 Å². The first-order valence-corrected chi connectivity index (χ1v) is 5.62. The van der Waals surface area contributed by atoms with Gasteiger partial charge in [0.15, 0.2) is 0 Å². The second-order valence-corrected chi connectivity index (χ2v) is 4.26. The van der Waals surface area contributed by atoms with E-state index in [1.165, 1.54) is 0 Å². The molecule has 0 aliphatic carbocycles. The molecule has 0 atom stereocenters. The summed E-state index contributed by atoms with van der Waals surface area (Å²) in [5.74, 6) is 0.618. The van der Waals surface area contributed by atoms with Gasteiger partial charge >= 0.3 is 0 Å². The zero-order valence-corrected chi connectivity index (χ0v) is 9.33. The minimum atomic E-state index is 0.496. The van der Waals surface area contributed by atoms with Gasteiger partial charge in [-0.2, -0.15) is 5.26 Å². The summed E-state index contributed by atoms with van der Waals surface area (Å²) in [5, 5.41) is 10.7. The maximum atomic E-state index is 8.69. The van der Waals surface area contributed by atoms with Crippen LogP contribution in [0.5, 0.6) is 5.75 Å². The lowest BCUT2D eigenvalue weighted by atomic mass is 10.2. The maximum Gasteiger partial charge on any atom is 0.142 e. The van der Waals surface area contributed by atoms with Gasteiger partial charge in [-0.15, -0.1) is 11.3 Å². The van der Waals surface area contributed by atoms with Gasteiger partial charge in [-0.3, -0.25) is 0 Å². The van der Waals surface area contributed by atoms with Crippen LogP contribution in [-0.2, 0) is 6.61 Å². The van der Waals surface area contributed by atoms with Crippen molar-refractivity contribution in [2.45, 2.75) is 6.61 Å². The Hall–Kier alpha value is -1.99. The number of ether oxygens (including phenoxy) is 1. The van der Waals surface area contributed by atoms with Crippen LogP contribution in [0.25, 0.3) is 0 Å².